The minimum Gasteiger partial charge on any atom is -0.495 e. The van der Waals surface area contributed by atoms with Gasteiger partial charge in [-0.05, 0) is 31.2 Å². The Morgan fingerprint density at radius 3 is 2.57 bits per heavy atom. The Hall–Kier alpha value is -3.27. The summed E-state index contributed by atoms with van der Waals surface area (Å²) < 4.78 is 16.2. The number of halogens is 2. The van der Waals surface area contributed by atoms with E-state index in [0.717, 1.165) is 13.0 Å². The van der Waals surface area contributed by atoms with Gasteiger partial charge in [-0.15, -0.1) is 0 Å². The molecular formula is C24H24Cl2N4O5. The maximum Gasteiger partial charge on any atom is 0.344 e. The quantitative estimate of drug-likeness (QED) is 0.406. The summed E-state index contributed by atoms with van der Waals surface area (Å²) in [5, 5.41) is 10.7. The van der Waals surface area contributed by atoms with E-state index in [0.29, 0.717) is 34.6 Å². The monoisotopic (exact) mass is 518 g/mol. The topological polar surface area (TPSA) is 115 Å². The standard InChI is InChI=1S/C24H24Cl2N4O5/c1-4-20(31)30-14-5-6-27-11-15(14)29-19-8-13-12(10-28-19)7-16(35-24(13)32)21-22(25)17(33-2)9-18(34-3)23(21)26/h4,7-10,14-15,27H,1,5-6,11H2,2-3H3,(H,28,29)(H,30,31)/t14-,15?/m0/s1. The molecule has 0 spiro atoms. The largest absolute Gasteiger partial charge is 0.495 e. The molecule has 1 amide bonds. The van der Waals surface area contributed by atoms with Crippen LogP contribution in [0.4, 0.5) is 5.82 Å². The van der Waals surface area contributed by atoms with Crippen LogP contribution in [0.15, 0.2) is 46.3 Å². The van der Waals surface area contributed by atoms with Crippen molar-refractivity contribution in [1.29, 1.82) is 0 Å². The highest BCUT2D eigenvalue weighted by Gasteiger charge is 2.26. The second-order valence-electron chi connectivity index (χ2n) is 7.90. The predicted octanol–water partition coefficient (Wildman–Crippen LogP) is 3.62. The lowest BCUT2D eigenvalue weighted by atomic mass is 10.0. The van der Waals surface area contributed by atoms with Crippen LogP contribution in [-0.2, 0) is 4.79 Å². The first-order valence-corrected chi connectivity index (χ1v) is 11.6. The number of fused-ring (bicyclic) bond motifs is 1. The zero-order valence-corrected chi connectivity index (χ0v) is 20.6. The number of amides is 1. The van der Waals surface area contributed by atoms with Crippen LogP contribution in [0.5, 0.6) is 11.5 Å². The van der Waals surface area contributed by atoms with Gasteiger partial charge in [0.25, 0.3) is 0 Å². The number of aromatic nitrogens is 1. The Bertz CT molecular complexity index is 1320. The van der Waals surface area contributed by atoms with Gasteiger partial charge in [0.1, 0.15) is 23.1 Å². The number of carbonyl (C=O) groups is 1. The molecule has 3 heterocycles. The van der Waals surface area contributed by atoms with Gasteiger partial charge in [-0.1, -0.05) is 29.8 Å². The Balaban J connectivity index is 1.69. The second kappa shape index (κ2) is 10.6. The van der Waals surface area contributed by atoms with Gasteiger partial charge in [-0.2, -0.15) is 0 Å². The number of rotatable bonds is 7. The molecule has 1 fully saturated rings. The number of nitrogens with zero attached hydrogens (tertiary/aromatic N) is 1. The lowest BCUT2D eigenvalue weighted by Gasteiger charge is -2.33. The average Bonchev–Trinajstić information content (AvgIpc) is 2.86. The molecule has 0 radical (unpaired) electrons. The van der Waals surface area contributed by atoms with Crippen LogP contribution in [-0.4, -0.2) is 50.3 Å². The van der Waals surface area contributed by atoms with Crippen molar-refractivity contribution in [3.8, 4) is 22.8 Å². The summed E-state index contributed by atoms with van der Waals surface area (Å²) in [6.07, 6.45) is 3.54. The van der Waals surface area contributed by atoms with E-state index in [1.165, 1.54) is 20.3 Å². The summed E-state index contributed by atoms with van der Waals surface area (Å²) in [6.45, 7) is 4.89. The molecule has 2 atom stereocenters. The summed E-state index contributed by atoms with van der Waals surface area (Å²) >= 11 is 13.0. The number of piperidine rings is 1. The first-order valence-electron chi connectivity index (χ1n) is 10.8. The fourth-order valence-corrected chi connectivity index (χ4v) is 4.69. The van der Waals surface area contributed by atoms with Crippen molar-refractivity contribution in [2.24, 2.45) is 0 Å². The molecule has 1 aliphatic rings. The highest BCUT2D eigenvalue weighted by molar-refractivity contribution is 6.41. The lowest BCUT2D eigenvalue weighted by molar-refractivity contribution is -0.117. The van der Waals surface area contributed by atoms with Crippen LogP contribution in [0.3, 0.4) is 0 Å². The molecule has 4 rings (SSSR count). The maximum atomic E-state index is 12.9. The zero-order chi connectivity index (χ0) is 25.1. The van der Waals surface area contributed by atoms with Crippen molar-refractivity contribution in [3.63, 3.8) is 0 Å². The van der Waals surface area contributed by atoms with Crippen LogP contribution < -0.4 is 31.0 Å². The molecule has 3 aromatic rings. The molecule has 1 aliphatic heterocycles. The molecule has 35 heavy (non-hydrogen) atoms. The van der Waals surface area contributed by atoms with Crippen molar-refractivity contribution < 1.29 is 18.7 Å². The van der Waals surface area contributed by atoms with Crippen molar-refractivity contribution >= 4 is 45.7 Å². The van der Waals surface area contributed by atoms with E-state index in [1.807, 2.05) is 0 Å². The minimum atomic E-state index is -0.588. The Morgan fingerprint density at radius 1 is 1.20 bits per heavy atom. The highest BCUT2D eigenvalue weighted by atomic mass is 35.5. The minimum absolute atomic E-state index is 0.120. The van der Waals surface area contributed by atoms with Gasteiger partial charge in [0.15, 0.2) is 0 Å². The van der Waals surface area contributed by atoms with Crippen LogP contribution in [0.25, 0.3) is 22.1 Å². The van der Waals surface area contributed by atoms with Gasteiger partial charge in [-0.25, -0.2) is 9.78 Å². The Morgan fingerprint density at radius 2 is 1.91 bits per heavy atom. The third-order valence-corrected chi connectivity index (χ3v) is 6.54. The molecule has 1 saturated heterocycles. The van der Waals surface area contributed by atoms with E-state index >= 15 is 0 Å². The number of benzene rings is 1. The number of nitrogens with one attached hydrogen (secondary N) is 3. The van der Waals surface area contributed by atoms with Gasteiger partial charge in [-0.3, -0.25) is 4.79 Å². The van der Waals surface area contributed by atoms with Crippen molar-refractivity contribution in [2.75, 3.05) is 32.6 Å². The number of anilines is 1. The van der Waals surface area contributed by atoms with Crippen LogP contribution >= 0.6 is 23.2 Å². The molecule has 2 aromatic heterocycles. The maximum absolute atomic E-state index is 12.9. The molecule has 1 unspecified atom stereocenters. The molecule has 3 N–H and O–H groups in total. The van der Waals surface area contributed by atoms with Gasteiger partial charge >= 0.3 is 5.63 Å². The molecular weight excluding hydrogens is 495 g/mol. The Labute approximate surface area is 211 Å². The third-order valence-electron chi connectivity index (χ3n) is 5.79. The summed E-state index contributed by atoms with van der Waals surface area (Å²) in [5.74, 6) is 1.03. The second-order valence-corrected chi connectivity index (χ2v) is 8.66. The molecule has 1 aromatic carbocycles. The first kappa shape index (κ1) is 24.8. The van der Waals surface area contributed by atoms with E-state index in [-0.39, 0.29) is 39.4 Å². The van der Waals surface area contributed by atoms with Gasteiger partial charge < -0.3 is 29.8 Å². The number of carbonyl (C=O) groups excluding carboxylic acids is 1. The fourth-order valence-electron chi connectivity index (χ4n) is 4.00. The number of methoxy groups -OCH3 is 2. The highest BCUT2D eigenvalue weighted by Crippen LogP contribution is 2.46. The van der Waals surface area contributed by atoms with Crippen molar-refractivity contribution in [1.82, 2.24) is 15.6 Å². The first-order chi connectivity index (χ1) is 16.9. The van der Waals surface area contributed by atoms with Gasteiger partial charge in [0.2, 0.25) is 5.91 Å². The number of hydrogen-bond acceptors (Lipinski definition) is 8. The van der Waals surface area contributed by atoms with Gasteiger partial charge in [0, 0.05) is 24.2 Å². The zero-order valence-electron chi connectivity index (χ0n) is 19.1. The van der Waals surface area contributed by atoms with E-state index < -0.39 is 5.63 Å². The van der Waals surface area contributed by atoms with E-state index in [4.69, 9.17) is 37.1 Å². The van der Waals surface area contributed by atoms with E-state index in [2.05, 4.69) is 27.5 Å². The predicted molar refractivity (Wildman–Crippen MR) is 136 cm³/mol. The van der Waals surface area contributed by atoms with Crippen molar-refractivity contribution in [3.05, 3.63) is 57.5 Å². The van der Waals surface area contributed by atoms with E-state index in [9.17, 15) is 9.59 Å². The number of pyridine rings is 1. The number of hydrogen-bond donors (Lipinski definition) is 3. The summed E-state index contributed by atoms with van der Waals surface area (Å²) in [7, 11) is 2.92. The SMILES string of the molecule is C=CC(=O)N[C@H]1CCNCC1Nc1cc2c(=O)oc(-c3c(Cl)c(OC)cc(OC)c3Cl)cc2cn1. The van der Waals surface area contributed by atoms with Crippen LogP contribution in [0.1, 0.15) is 6.42 Å². The average molecular weight is 519 g/mol. The molecule has 184 valence electrons. The normalized spacial score (nSPS) is 17.6. The van der Waals surface area contributed by atoms with E-state index in [1.54, 1.807) is 24.4 Å². The van der Waals surface area contributed by atoms with Crippen LogP contribution in [0.2, 0.25) is 10.0 Å². The summed E-state index contributed by atoms with van der Waals surface area (Å²) in [5.41, 5.74) is -0.310. The van der Waals surface area contributed by atoms with Gasteiger partial charge in [0.05, 0.1) is 47.3 Å². The molecule has 0 saturated carbocycles. The molecule has 0 aliphatic carbocycles. The molecule has 9 nitrogen and oxygen atoms in total. The third kappa shape index (κ3) is 5.07. The fraction of sp³-hybridized carbons (Fsp3) is 0.292. The van der Waals surface area contributed by atoms with Crippen molar-refractivity contribution in [2.45, 2.75) is 18.5 Å². The number of ether oxygens (including phenoxy) is 2. The molecule has 0 bridgehead atoms. The summed E-state index contributed by atoms with van der Waals surface area (Å²) in [6, 6.07) is 4.55. The summed E-state index contributed by atoms with van der Waals surface area (Å²) in [4.78, 5) is 29.2. The lowest BCUT2D eigenvalue weighted by Crippen LogP contribution is -2.55. The molecule has 11 heteroatoms. The smallest absolute Gasteiger partial charge is 0.344 e. The Kier molecular flexibility index (Phi) is 7.49. The van der Waals surface area contributed by atoms with Crippen LogP contribution in [0, 0.1) is 0 Å².